The number of likely N-dealkylation sites (N-methyl/N-ethyl adjacent to an activating group) is 1. The van der Waals surface area contributed by atoms with Crippen molar-refractivity contribution in [1.82, 2.24) is 15.5 Å². The van der Waals surface area contributed by atoms with E-state index in [9.17, 15) is 14.4 Å². The summed E-state index contributed by atoms with van der Waals surface area (Å²) in [6.45, 7) is 3.49. The van der Waals surface area contributed by atoms with Crippen LogP contribution < -0.4 is 10.6 Å². The minimum absolute atomic E-state index is 0.273. The lowest BCUT2D eigenvalue weighted by Crippen LogP contribution is -2.42. The monoisotopic (exact) mass is 303 g/mol. The number of urea groups is 1. The van der Waals surface area contributed by atoms with Gasteiger partial charge >= 0.3 is 6.03 Å². The van der Waals surface area contributed by atoms with Gasteiger partial charge in [0.05, 0.1) is 0 Å². The van der Waals surface area contributed by atoms with Gasteiger partial charge in [0, 0.05) is 7.05 Å². The first-order chi connectivity index (χ1) is 10.4. The van der Waals surface area contributed by atoms with Gasteiger partial charge in [0.25, 0.3) is 5.91 Å². The summed E-state index contributed by atoms with van der Waals surface area (Å²) in [4.78, 5) is 37.0. The number of benzene rings is 1. The van der Waals surface area contributed by atoms with Crippen LogP contribution in [-0.4, -0.2) is 36.3 Å². The van der Waals surface area contributed by atoms with Gasteiger partial charge in [0.2, 0.25) is 5.91 Å². The Labute approximate surface area is 129 Å². The molecule has 0 aliphatic carbocycles. The quantitative estimate of drug-likeness (QED) is 0.801. The highest BCUT2D eigenvalue weighted by molar-refractivity contribution is 6.09. The fraction of sp³-hybridized carbons (Fsp3) is 0.438. The summed E-state index contributed by atoms with van der Waals surface area (Å²) >= 11 is 0. The second-order valence-electron chi connectivity index (χ2n) is 5.57. The highest BCUT2D eigenvalue weighted by atomic mass is 16.2. The summed E-state index contributed by atoms with van der Waals surface area (Å²) in [5.74, 6) is -0.796. The van der Waals surface area contributed by atoms with Crippen LogP contribution in [0.15, 0.2) is 24.3 Å². The maximum atomic E-state index is 12.6. The second kappa shape index (κ2) is 6.17. The van der Waals surface area contributed by atoms with Crippen molar-refractivity contribution in [2.24, 2.45) is 0 Å². The molecule has 1 aromatic carbocycles. The van der Waals surface area contributed by atoms with Crippen molar-refractivity contribution in [3.05, 3.63) is 35.4 Å². The van der Waals surface area contributed by atoms with Crippen LogP contribution in [0.4, 0.5) is 4.79 Å². The Morgan fingerprint density at radius 1 is 1.27 bits per heavy atom. The predicted molar refractivity (Wildman–Crippen MR) is 82.1 cm³/mol. The van der Waals surface area contributed by atoms with Crippen LogP contribution in [0.25, 0.3) is 0 Å². The van der Waals surface area contributed by atoms with Crippen molar-refractivity contribution in [1.29, 1.82) is 0 Å². The van der Waals surface area contributed by atoms with Crippen LogP contribution in [0, 0.1) is 0 Å². The Balaban J connectivity index is 2.24. The van der Waals surface area contributed by atoms with Crippen molar-refractivity contribution in [3.8, 4) is 0 Å². The molecule has 1 aromatic rings. The summed E-state index contributed by atoms with van der Waals surface area (Å²) in [6, 6.07) is 7.09. The predicted octanol–water partition coefficient (Wildman–Crippen LogP) is 1.15. The van der Waals surface area contributed by atoms with Crippen LogP contribution in [0.2, 0.25) is 0 Å². The Hall–Kier alpha value is -2.37. The molecule has 2 rings (SSSR count). The zero-order chi connectivity index (χ0) is 16.3. The fourth-order valence-corrected chi connectivity index (χ4v) is 2.55. The van der Waals surface area contributed by atoms with Crippen molar-refractivity contribution in [2.75, 3.05) is 13.6 Å². The third-order valence-corrected chi connectivity index (χ3v) is 3.93. The Morgan fingerprint density at radius 3 is 2.45 bits per heavy atom. The lowest BCUT2D eigenvalue weighted by atomic mass is 9.91. The third kappa shape index (κ3) is 2.81. The first-order valence-corrected chi connectivity index (χ1v) is 7.36. The fourth-order valence-electron chi connectivity index (χ4n) is 2.55. The van der Waals surface area contributed by atoms with E-state index in [4.69, 9.17) is 0 Å². The van der Waals surface area contributed by atoms with E-state index in [2.05, 4.69) is 17.6 Å². The molecular formula is C16H21N3O3. The van der Waals surface area contributed by atoms with Crippen molar-refractivity contribution in [2.45, 2.75) is 32.2 Å². The largest absolute Gasteiger partial charge is 0.358 e. The number of nitrogens with zero attached hydrogens (tertiary/aromatic N) is 1. The average molecular weight is 303 g/mol. The van der Waals surface area contributed by atoms with Crippen molar-refractivity contribution >= 4 is 17.8 Å². The summed E-state index contributed by atoms with van der Waals surface area (Å²) in [7, 11) is 1.46. The van der Waals surface area contributed by atoms with E-state index in [1.54, 1.807) is 6.92 Å². The smallest absolute Gasteiger partial charge is 0.325 e. The highest BCUT2D eigenvalue weighted by Gasteiger charge is 2.49. The van der Waals surface area contributed by atoms with Crippen LogP contribution in [0.1, 0.15) is 31.4 Å². The molecule has 1 fully saturated rings. The van der Waals surface area contributed by atoms with E-state index in [1.807, 2.05) is 24.3 Å². The molecule has 0 radical (unpaired) electrons. The van der Waals surface area contributed by atoms with Gasteiger partial charge in [-0.05, 0) is 24.5 Å². The SMILES string of the molecule is CCCc1ccc([C@@]2(C)NC(=O)N(CC(=O)NC)C2=O)cc1. The highest BCUT2D eigenvalue weighted by Crippen LogP contribution is 2.29. The number of imide groups is 1. The number of carbonyl (C=O) groups excluding carboxylic acids is 3. The second-order valence-corrected chi connectivity index (χ2v) is 5.57. The summed E-state index contributed by atoms with van der Waals surface area (Å²) < 4.78 is 0. The van der Waals surface area contributed by atoms with Gasteiger partial charge in [-0.15, -0.1) is 0 Å². The summed E-state index contributed by atoms with van der Waals surface area (Å²) in [5.41, 5.74) is 0.773. The van der Waals surface area contributed by atoms with Gasteiger partial charge in [0.1, 0.15) is 12.1 Å². The zero-order valence-electron chi connectivity index (χ0n) is 13.1. The van der Waals surface area contributed by atoms with Crippen molar-refractivity contribution < 1.29 is 14.4 Å². The van der Waals surface area contributed by atoms with Crippen LogP contribution >= 0.6 is 0 Å². The first kappa shape index (κ1) is 16.0. The van der Waals surface area contributed by atoms with E-state index < -0.39 is 17.5 Å². The van der Waals surface area contributed by atoms with Crippen LogP contribution in [0.3, 0.4) is 0 Å². The van der Waals surface area contributed by atoms with Gasteiger partial charge in [-0.1, -0.05) is 37.6 Å². The van der Waals surface area contributed by atoms with Gasteiger partial charge in [-0.2, -0.15) is 0 Å². The average Bonchev–Trinajstić information content (AvgIpc) is 2.72. The number of rotatable bonds is 5. The minimum Gasteiger partial charge on any atom is -0.358 e. The Kier molecular flexibility index (Phi) is 4.49. The molecule has 6 nitrogen and oxygen atoms in total. The molecule has 4 amide bonds. The molecule has 22 heavy (non-hydrogen) atoms. The summed E-state index contributed by atoms with van der Waals surface area (Å²) in [6.07, 6.45) is 2.02. The van der Waals surface area contributed by atoms with Crippen LogP contribution in [-0.2, 0) is 21.5 Å². The molecule has 0 spiro atoms. The third-order valence-electron chi connectivity index (χ3n) is 3.93. The first-order valence-electron chi connectivity index (χ1n) is 7.36. The topological polar surface area (TPSA) is 78.5 Å². The van der Waals surface area contributed by atoms with Gasteiger partial charge in [0.15, 0.2) is 0 Å². The van der Waals surface area contributed by atoms with Gasteiger partial charge < -0.3 is 10.6 Å². The number of aryl methyl sites for hydroxylation is 1. The molecule has 2 N–H and O–H groups in total. The van der Waals surface area contributed by atoms with Gasteiger partial charge in [-0.3, -0.25) is 14.5 Å². The van der Waals surface area contributed by atoms with E-state index in [0.717, 1.165) is 17.7 Å². The van der Waals surface area contributed by atoms with Crippen molar-refractivity contribution in [3.63, 3.8) is 0 Å². The zero-order valence-corrected chi connectivity index (χ0v) is 13.1. The molecule has 1 aliphatic rings. The molecule has 1 aliphatic heterocycles. The van der Waals surface area contributed by atoms with Crippen LogP contribution in [0.5, 0.6) is 0 Å². The molecule has 0 unspecified atom stereocenters. The number of amides is 4. The number of hydrogen-bond acceptors (Lipinski definition) is 3. The van der Waals surface area contributed by atoms with E-state index in [0.29, 0.717) is 5.56 Å². The molecule has 0 bridgehead atoms. The van der Waals surface area contributed by atoms with E-state index >= 15 is 0 Å². The van der Waals surface area contributed by atoms with Gasteiger partial charge in [-0.25, -0.2) is 4.79 Å². The molecule has 118 valence electrons. The lowest BCUT2D eigenvalue weighted by Gasteiger charge is -2.22. The Morgan fingerprint density at radius 2 is 1.91 bits per heavy atom. The lowest BCUT2D eigenvalue weighted by molar-refractivity contribution is -0.134. The summed E-state index contributed by atoms with van der Waals surface area (Å²) in [5, 5.41) is 5.09. The molecule has 1 heterocycles. The standard InChI is InChI=1S/C16H21N3O3/c1-4-5-11-6-8-12(9-7-11)16(2)14(21)19(15(22)18-16)10-13(20)17-3/h6-9H,4-5,10H2,1-3H3,(H,17,20)(H,18,22)/t16-/m1/s1. The molecule has 1 saturated heterocycles. The number of carbonyl (C=O) groups is 3. The maximum Gasteiger partial charge on any atom is 0.325 e. The molecular weight excluding hydrogens is 282 g/mol. The maximum absolute atomic E-state index is 12.6. The number of hydrogen-bond donors (Lipinski definition) is 2. The molecule has 1 atom stereocenters. The Bertz CT molecular complexity index is 597. The molecule has 0 saturated carbocycles. The number of nitrogens with one attached hydrogen (secondary N) is 2. The minimum atomic E-state index is -1.13. The molecule has 6 heteroatoms. The normalized spacial score (nSPS) is 21.0. The van der Waals surface area contributed by atoms with E-state index in [-0.39, 0.29) is 12.5 Å². The van der Waals surface area contributed by atoms with E-state index in [1.165, 1.54) is 12.6 Å². The molecule has 0 aromatic heterocycles.